The lowest BCUT2D eigenvalue weighted by Gasteiger charge is -2.38. The summed E-state index contributed by atoms with van der Waals surface area (Å²) in [7, 11) is 4.02. The Morgan fingerprint density at radius 3 is 2.67 bits per heavy atom. The van der Waals surface area contributed by atoms with Crippen molar-refractivity contribution in [2.45, 2.75) is 58.4 Å². The van der Waals surface area contributed by atoms with Crippen molar-refractivity contribution in [3.63, 3.8) is 0 Å². The van der Waals surface area contributed by atoms with Crippen LogP contribution in [0.3, 0.4) is 0 Å². The maximum Gasteiger partial charge on any atom is 0.222 e. The van der Waals surface area contributed by atoms with Crippen LogP contribution >= 0.6 is 0 Å². The van der Waals surface area contributed by atoms with Crippen LogP contribution in [0.5, 0.6) is 5.75 Å². The Morgan fingerprint density at radius 1 is 1.26 bits per heavy atom. The molecule has 1 aliphatic heterocycles. The largest absolute Gasteiger partial charge is 0.497 e. The maximum absolute atomic E-state index is 12.3. The van der Waals surface area contributed by atoms with Crippen molar-refractivity contribution in [3.05, 3.63) is 29.3 Å². The molecule has 4 nitrogen and oxygen atoms in total. The van der Waals surface area contributed by atoms with Gasteiger partial charge in [0.2, 0.25) is 5.91 Å². The van der Waals surface area contributed by atoms with Crippen LogP contribution in [-0.2, 0) is 11.2 Å². The van der Waals surface area contributed by atoms with Gasteiger partial charge in [0.1, 0.15) is 5.75 Å². The average molecular weight is 373 g/mol. The molecule has 0 saturated carbocycles. The second-order valence-corrected chi connectivity index (χ2v) is 8.83. The number of ether oxygens (including phenoxy) is 1. The molecule has 1 aliphatic carbocycles. The van der Waals surface area contributed by atoms with Gasteiger partial charge in [0, 0.05) is 32.1 Å². The number of nitrogens with zero attached hydrogens (tertiary/aromatic N) is 2. The van der Waals surface area contributed by atoms with E-state index in [-0.39, 0.29) is 0 Å². The van der Waals surface area contributed by atoms with Crippen molar-refractivity contribution in [1.82, 2.24) is 9.80 Å². The first kappa shape index (κ1) is 20.2. The molecule has 1 heterocycles. The van der Waals surface area contributed by atoms with Crippen molar-refractivity contribution in [3.8, 4) is 5.75 Å². The van der Waals surface area contributed by atoms with Gasteiger partial charge < -0.3 is 9.64 Å². The lowest BCUT2D eigenvalue weighted by Crippen LogP contribution is -2.42. The number of carbonyl (C=O) groups is 1. The summed E-state index contributed by atoms with van der Waals surface area (Å²) in [5.41, 5.74) is 2.93. The third-order valence-electron chi connectivity index (χ3n) is 6.26. The lowest BCUT2D eigenvalue weighted by molar-refractivity contribution is -0.133. The normalized spacial score (nSPS) is 20.8. The third kappa shape index (κ3) is 5.04. The number of aryl methyl sites for hydroxylation is 1. The molecule has 1 atom stereocenters. The molecule has 1 fully saturated rings. The summed E-state index contributed by atoms with van der Waals surface area (Å²) in [4.78, 5) is 16.9. The van der Waals surface area contributed by atoms with Crippen molar-refractivity contribution >= 4 is 5.91 Å². The van der Waals surface area contributed by atoms with Crippen molar-refractivity contribution in [2.24, 2.45) is 11.8 Å². The topological polar surface area (TPSA) is 32.8 Å². The van der Waals surface area contributed by atoms with Gasteiger partial charge in [-0.05, 0) is 74.2 Å². The minimum absolute atomic E-state index is 0.340. The van der Waals surface area contributed by atoms with E-state index in [1.807, 2.05) is 0 Å². The minimum Gasteiger partial charge on any atom is -0.497 e. The third-order valence-corrected chi connectivity index (χ3v) is 6.26. The summed E-state index contributed by atoms with van der Waals surface area (Å²) in [6.07, 6.45) is 6.60. The minimum atomic E-state index is 0.340. The fourth-order valence-corrected chi connectivity index (χ4v) is 4.73. The number of carbonyl (C=O) groups excluding carboxylic acids is 1. The molecule has 3 rings (SSSR count). The smallest absolute Gasteiger partial charge is 0.222 e. The van der Waals surface area contributed by atoms with Crippen LogP contribution in [0.15, 0.2) is 18.2 Å². The first-order chi connectivity index (χ1) is 13.0. The summed E-state index contributed by atoms with van der Waals surface area (Å²) < 4.78 is 5.40. The number of amides is 1. The van der Waals surface area contributed by atoms with Gasteiger partial charge >= 0.3 is 0 Å². The molecule has 150 valence electrons. The van der Waals surface area contributed by atoms with Crippen LogP contribution in [0.2, 0.25) is 0 Å². The first-order valence-electron chi connectivity index (χ1n) is 10.6. The van der Waals surface area contributed by atoms with Gasteiger partial charge in [-0.25, -0.2) is 0 Å². The molecule has 0 spiro atoms. The second-order valence-electron chi connectivity index (χ2n) is 8.83. The van der Waals surface area contributed by atoms with Gasteiger partial charge in [0.25, 0.3) is 0 Å². The number of piperidine rings is 1. The molecule has 1 unspecified atom stereocenters. The monoisotopic (exact) mass is 372 g/mol. The van der Waals surface area contributed by atoms with Crippen molar-refractivity contribution in [1.29, 1.82) is 0 Å². The Morgan fingerprint density at radius 2 is 2.00 bits per heavy atom. The molecule has 1 aromatic rings. The van der Waals surface area contributed by atoms with Gasteiger partial charge in [-0.1, -0.05) is 19.9 Å². The number of fused-ring (bicyclic) bond motifs is 1. The molecule has 0 aromatic heterocycles. The van der Waals surface area contributed by atoms with Crippen molar-refractivity contribution in [2.75, 3.05) is 33.8 Å². The highest BCUT2D eigenvalue weighted by Gasteiger charge is 2.28. The first-order valence-corrected chi connectivity index (χ1v) is 10.6. The molecule has 1 amide bonds. The van der Waals surface area contributed by atoms with E-state index < -0.39 is 0 Å². The standard InChI is InChI=1S/C23H36N2O2/c1-17(2)14-23(26)25-12-10-18(11-13-25)16-24(3)22-7-5-6-19-15-20(27-4)8-9-21(19)22/h8-9,15,17-18,22H,5-7,10-14,16H2,1-4H3. The highest BCUT2D eigenvalue weighted by atomic mass is 16.5. The fourth-order valence-electron chi connectivity index (χ4n) is 4.73. The number of hydrogen-bond donors (Lipinski definition) is 0. The average Bonchev–Trinajstić information content (AvgIpc) is 2.67. The van der Waals surface area contributed by atoms with E-state index in [1.165, 1.54) is 24.0 Å². The Labute approximate surface area is 164 Å². The van der Waals surface area contributed by atoms with Gasteiger partial charge in [0.15, 0.2) is 0 Å². The summed E-state index contributed by atoms with van der Waals surface area (Å²) >= 11 is 0. The maximum atomic E-state index is 12.3. The molecule has 4 heteroatoms. The molecule has 0 bridgehead atoms. The van der Waals surface area contributed by atoms with Crippen LogP contribution in [0.4, 0.5) is 0 Å². The second kappa shape index (κ2) is 9.09. The molecular weight excluding hydrogens is 336 g/mol. The van der Waals surface area contributed by atoms with Crippen LogP contribution in [-0.4, -0.2) is 49.5 Å². The highest BCUT2D eigenvalue weighted by molar-refractivity contribution is 5.76. The number of hydrogen-bond acceptors (Lipinski definition) is 3. The fraction of sp³-hybridized carbons (Fsp3) is 0.696. The van der Waals surface area contributed by atoms with Crippen LogP contribution in [0.25, 0.3) is 0 Å². The zero-order valence-electron chi connectivity index (χ0n) is 17.5. The van der Waals surface area contributed by atoms with E-state index in [2.05, 4.69) is 48.9 Å². The van der Waals surface area contributed by atoms with E-state index in [0.717, 1.165) is 44.6 Å². The molecule has 1 saturated heterocycles. The molecule has 1 aromatic carbocycles. The van der Waals surface area contributed by atoms with Gasteiger partial charge in [-0.15, -0.1) is 0 Å². The van der Waals surface area contributed by atoms with E-state index in [4.69, 9.17) is 4.74 Å². The Hall–Kier alpha value is -1.55. The Kier molecular flexibility index (Phi) is 6.80. The molecule has 27 heavy (non-hydrogen) atoms. The molecular formula is C23H36N2O2. The number of likely N-dealkylation sites (tertiary alicyclic amines) is 1. The number of benzene rings is 1. The van der Waals surface area contributed by atoms with E-state index in [9.17, 15) is 4.79 Å². The Balaban J connectivity index is 1.55. The van der Waals surface area contributed by atoms with Crippen LogP contribution in [0, 0.1) is 11.8 Å². The van der Waals surface area contributed by atoms with Crippen molar-refractivity contribution < 1.29 is 9.53 Å². The quantitative estimate of drug-likeness (QED) is 0.747. The van der Waals surface area contributed by atoms with Crippen LogP contribution < -0.4 is 4.74 Å². The predicted molar refractivity (Wildman–Crippen MR) is 110 cm³/mol. The summed E-state index contributed by atoms with van der Waals surface area (Å²) in [6, 6.07) is 7.10. The van der Waals surface area contributed by atoms with E-state index >= 15 is 0 Å². The SMILES string of the molecule is COc1ccc2c(c1)CCCC2N(C)CC1CCN(C(=O)CC(C)C)CC1. The van der Waals surface area contributed by atoms with Gasteiger partial charge in [0.05, 0.1) is 7.11 Å². The molecule has 0 N–H and O–H groups in total. The van der Waals surface area contributed by atoms with Gasteiger partial charge in [-0.3, -0.25) is 9.69 Å². The molecule has 2 aliphatic rings. The predicted octanol–water partition coefficient (Wildman–Crippen LogP) is 4.29. The Bertz CT molecular complexity index is 635. The summed E-state index contributed by atoms with van der Waals surface area (Å²) in [5.74, 6) is 2.45. The summed E-state index contributed by atoms with van der Waals surface area (Å²) in [6.45, 7) is 7.24. The summed E-state index contributed by atoms with van der Waals surface area (Å²) in [5, 5.41) is 0. The zero-order chi connectivity index (χ0) is 19.4. The zero-order valence-corrected chi connectivity index (χ0v) is 17.5. The lowest BCUT2D eigenvalue weighted by atomic mass is 9.86. The van der Waals surface area contributed by atoms with E-state index in [1.54, 1.807) is 7.11 Å². The highest BCUT2D eigenvalue weighted by Crippen LogP contribution is 2.36. The van der Waals surface area contributed by atoms with Gasteiger partial charge in [-0.2, -0.15) is 0 Å². The number of methoxy groups -OCH3 is 1. The van der Waals surface area contributed by atoms with E-state index in [0.29, 0.717) is 30.2 Å². The number of rotatable bonds is 6. The molecule has 0 radical (unpaired) electrons. The van der Waals surface area contributed by atoms with Crippen LogP contribution in [0.1, 0.15) is 63.1 Å².